The van der Waals surface area contributed by atoms with Crippen LogP contribution < -0.4 is 10.6 Å². The first-order chi connectivity index (χ1) is 11.1. The minimum atomic E-state index is -0.174. The molecule has 2 aromatic carbocycles. The molecule has 2 aromatic rings. The highest BCUT2D eigenvalue weighted by Crippen LogP contribution is 2.24. The topological polar surface area (TPSA) is 41.1 Å². The second-order valence-corrected chi connectivity index (χ2v) is 6.81. The van der Waals surface area contributed by atoms with Gasteiger partial charge >= 0.3 is 0 Å². The standard InChI is InChI=1S/C20H26N2O/c1-14-7-3-6-10-19(14)21-15(2)20(23)22-18-12-11-16-8-4-5-9-17(16)13-18/h4-5,8-9,11-15,19,21H,3,6-7,10H2,1-2H3,(H,22,23)/t14-,15+,19+/m1/s1. The minimum absolute atomic E-state index is 0.0399. The molecule has 1 fully saturated rings. The lowest BCUT2D eigenvalue weighted by atomic mass is 9.85. The van der Waals surface area contributed by atoms with Crippen LogP contribution in [0.15, 0.2) is 42.5 Å². The van der Waals surface area contributed by atoms with Crippen molar-refractivity contribution in [2.75, 3.05) is 5.32 Å². The van der Waals surface area contributed by atoms with Crippen LogP contribution in [0.2, 0.25) is 0 Å². The maximum absolute atomic E-state index is 12.5. The van der Waals surface area contributed by atoms with Gasteiger partial charge in [-0.1, -0.05) is 50.1 Å². The second kappa shape index (κ2) is 7.14. The van der Waals surface area contributed by atoms with Crippen molar-refractivity contribution >= 4 is 22.4 Å². The fourth-order valence-electron chi connectivity index (χ4n) is 3.48. The Balaban J connectivity index is 1.62. The van der Waals surface area contributed by atoms with Gasteiger partial charge in [-0.25, -0.2) is 0 Å². The molecule has 0 aliphatic heterocycles. The van der Waals surface area contributed by atoms with Crippen molar-refractivity contribution in [3.8, 4) is 0 Å². The van der Waals surface area contributed by atoms with Crippen LogP contribution in [0.25, 0.3) is 10.8 Å². The van der Waals surface area contributed by atoms with Crippen LogP contribution in [0, 0.1) is 5.92 Å². The highest BCUT2D eigenvalue weighted by Gasteiger charge is 2.24. The van der Waals surface area contributed by atoms with Crippen molar-refractivity contribution in [3.05, 3.63) is 42.5 Å². The van der Waals surface area contributed by atoms with Crippen LogP contribution in [0.4, 0.5) is 5.69 Å². The molecule has 0 heterocycles. The van der Waals surface area contributed by atoms with Crippen molar-refractivity contribution < 1.29 is 4.79 Å². The van der Waals surface area contributed by atoms with E-state index in [1.54, 1.807) is 0 Å². The summed E-state index contributed by atoms with van der Waals surface area (Å²) in [6.45, 7) is 4.24. The third-order valence-corrected chi connectivity index (χ3v) is 4.99. The van der Waals surface area contributed by atoms with Gasteiger partial charge in [-0.05, 0) is 48.6 Å². The van der Waals surface area contributed by atoms with Crippen LogP contribution in [0.5, 0.6) is 0 Å². The molecular formula is C20H26N2O. The molecule has 3 atom stereocenters. The second-order valence-electron chi connectivity index (χ2n) is 6.81. The first kappa shape index (κ1) is 16.0. The summed E-state index contributed by atoms with van der Waals surface area (Å²) in [4.78, 5) is 12.5. The Morgan fingerprint density at radius 3 is 2.61 bits per heavy atom. The zero-order chi connectivity index (χ0) is 16.2. The number of amides is 1. The van der Waals surface area contributed by atoms with Gasteiger partial charge in [0, 0.05) is 11.7 Å². The SMILES string of the molecule is C[C@H](N[C@H]1CCCC[C@H]1C)C(=O)Nc1ccc2ccccc2c1. The van der Waals surface area contributed by atoms with E-state index in [-0.39, 0.29) is 11.9 Å². The monoisotopic (exact) mass is 310 g/mol. The van der Waals surface area contributed by atoms with Crippen molar-refractivity contribution in [1.82, 2.24) is 5.32 Å². The molecule has 2 N–H and O–H groups in total. The summed E-state index contributed by atoms with van der Waals surface area (Å²) in [5.41, 5.74) is 0.860. The molecule has 0 unspecified atom stereocenters. The fourth-order valence-corrected chi connectivity index (χ4v) is 3.48. The highest BCUT2D eigenvalue weighted by molar-refractivity contribution is 5.97. The normalized spacial score (nSPS) is 22.7. The van der Waals surface area contributed by atoms with Gasteiger partial charge in [0.2, 0.25) is 5.91 Å². The third-order valence-electron chi connectivity index (χ3n) is 4.99. The van der Waals surface area contributed by atoms with E-state index in [0.717, 1.165) is 11.1 Å². The van der Waals surface area contributed by atoms with Gasteiger partial charge in [-0.15, -0.1) is 0 Å². The summed E-state index contributed by atoms with van der Waals surface area (Å²) >= 11 is 0. The van der Waals surface area contributed by atoms with Crippen LogP contribution in [-0.2, 0) is 4.79 Å². The smallest absolute Gasteiger partial charge is 0.241 e. The highest BCUT2D eigenvalue weighted by atomic mass is 16.2. The Labute approximate surface area is 138 Å². The largest absolute Gasteiger partial charge is 0.325 e. The van der Waals surface area contributed by atoms with E-state index in [2.05, 4.69) is 29.7 Å². The van der Waals surface area contributed by atoms with E-state index in [1.165, 1.54) is 31.1 Å². The first-order valence-electron chi connectivity index (χ1n) is 8.69. The molecule has 1 aliphatic rings. The van der Waals surface area contributed by atoms with Crippen LogP contribution in [0.3, 0.4) is 0 Å². The molecule has 0 aromatic heterocycles. The van der Waals surface area contributed by atoms with E-state index in [0.29, 0.717) is 12.0 Å². The average Bonchev–Trinajstić information content (AvgIpc) is 2.56. The Hall–Kier alpha value is -1.87. The van der Waals surface area contributed by atoms with Crippen molar-refractivity contribution in [3.63, 3.8) is 0 Å². The molecule has 122 valence electrons. The van der Waals surface area contributed by atoms with Gasteiger partial charge in [0.1, 0.15) is 0 Å². The number of rotatable bonds is 4. The Bertz CT molecular complexity index is 682. The molecular weight excluding hydrogens is 284 g/mol. The number of carbonyl (C=O) groups excluding carboxylic acids is 1. The molecule has 1 aliphatic carbocycles. The van der Waals surface area contributed by atoms with Crippen LogP contribution in [-0.4, -0.2) is 18.0 Å². The van der Waals surface area contributed by atoms with Crippen LogP contribution in [0.1, 0.15) is 39.5 Å². The predicted molar refractivity (Wildman–Crippen MR) is 96.6 cm³/mol. The zero-order valence-electron chi connectivity index (χ0n) is 14.0. The number of anilines is 1. The predicted octanol–water partition coefficient (Wildman–Crippen LogP) is 4.34. The maximum atomic E-state index is 12.5. The summed E-state index contributed by atoms with van der Waals surface area (Å²) in [7, 11) is 0. The van der Waals surface area contributed by atoms with Crippen molar-refractivity contribution in [2.45, 2.75) is 51.6 Å². The number of hydrogen-bond acceptors (Lipinski definition) is 2. The summed E-state index contributed by atoms with van der Waals surface area (Å²) in [5, 5.41) is 8.88. The molecule has 0 bridgehead atoms. The van der Waals surface area contributed by atoms with Crippen LogP contribution >= 0.6 is 0 Å². The average molecular weight is 310 g/mol. The molecule has 3 heteroatoms. The fraction of sp³-hybridized carbons (Fsp3) is 0.450. The van der Waals surface area contributed by atoms with E-state index in [4.69, 9.17) is 0 Å². The zero-order valence-corrected chi connectivity index (χ0v) is 14.0. The molecule has 1 saturated carbocycles. The van der Waals surface area contributed by atoms with Gasteiger partial charge in [-0.2, -0.15) is 0 Å². The maximum Gasteiger partial charge on any atom is 0.241 e. The van der Waals surface area contributed by atoms with Gasteiger partial charge in [0.15, 0.2) is 0 Å². The molecule has 1 amide bonds. The molecule has 3 nitrogen and oxygen atoms in total. The quantitative estimate of drug-likeness (QED) is 0.882. The molecule has 0 saturated heterocycles. The lowest BCUT2D eigenvalue weighted by molar-refractivity contribution is -0.118. The van der Waals surface area contributed by atoms with E-state index in [9.17, 15) is 4.79 Å². The minimum Gasteiger partial charge on any atom is -0.325 e. The first-order valence-corrected chi connectivity index (χ1v) is 8.69. The van der Waals surface area contributed by atoms with Crippen molar-refractivity contribution in [1.29, 1.82) is 0 Å². The van der Waals surface area contributed by atoms with Gasteiger partial charge in [0.25, 0.3) is 0 Å². The number of fused-ring (bicyclic) bond motifs is 1. The van der Waals surface area contributed by atoms with E-state index < -0.39 is 0 Å². The van der Waals surface area contributed by atoms with E-state index >= 15 is 0 Å². The number of nitrogens with one attached hydrogen (secondary N) is 2. The van der Waals surface area contributed by atoms with Gasteiger partial charge in [-0.3, -0.25) is 4.79 Å². The number of hydrogen-bond donors (Lipinski definition) is 2. The van der Waals surface area contributed by atoms with Gasteiger partial charge in [0.05, 0.1) is 6.04 Å². The summed E-state index contributed by atoms with van der Waals surface area (Å²) in [6, 6.07) is 14.5. The molecule has 0 spiro atoms. The summed E-state index contributed by atoms with van der Waals surface area (Å²) < 4.78 is 0. The lowest BCUT2D eigenvalue weighted by Crippen LogP contribution is -2.47. The third kappa shape index (κ3) is 3.91. The lowest BCUT2D eigenvalue weighted by Gasteiger charge is -2.31. The van der Waals surface area contributed by atoms with E-state index in [1.807, 2.05) is 37.3 Å². The van der Waals surface area contributed by atoms with Crippen molar-refractivity contribution in [2.24, 2.45) is 5.92 Å². The molecule has 3 rings (SSSR count). The molecule has 23 heavy (non-hydrogen) atoms. The Morgan fingerprint density at radius 1 is 1.09 bits per heavy atom. The number of benzene rings is 2. The van der Waals surface area contributed by atoms with Gasteiger partial charge < -0.3 is 10.6 Å². The molecule has 0 radical (unpaired) electrons. The summed E-state index contributed by atoms with van der Waals surface area (Å²) in [6.07, 6.45) is 5.02. The Kier molecular flexibility index (Phi) is 4.97. The number of carbonyl (C=O) groups is 1. The Morgan fingerprint density at radius 2 is 1.83 bits per heavy atom. The summed E-state index contributed by atoms with van der Waals surface area (Å²) in [5.74, 6) is 0.692.